The lowest BCUT2D eigenvalue weighted by atomic mass is 9.93. The van der Waals surface area contributed by atoms with Crippen LogP contribution < -0.4 is 4.74 Å². The minimum Gasteiger partial charge on any atom is -0.494 e. The van der Waals surface area contributed by atoms with Gasteiger partial charge in [-0.3, -0.25) is 0 Å². The lowest BCUT2D eigenvalue weighted by Crippen LogP contribution is -2.16. The fourth-order valence-electron chi connectivity index (χ4n) is 2.30. The molecule has 1 aliphatic rings. The number of ether oxygens (including phenoxy) is 1. The van der Waals surface area contributed by atoms with Gasteiger partial charge in [0.05, 0.1) is 12.6 Å². The molecule has 0 aliphatic heterocycles. The first-order valence-corrected chi connectivity index (χ1v) is 5.99. The van der Waals surface area contributed by atoms with Crippen LogP contribution in [-0.2, 0) is 0 Å². The molecule has 3 rings (SSSR count). The van der Waals surface area contributed by atoms with Crippen molar-refractivity contribution >= 4 is 23.3 Å². The van der Waals surface area contributed by atoms with Gasteiger partial charge in [0.2, 0.25) is 0 Å². The maximum Gasteiger partial charge on any atom is 0.178 e. The quantitative estimate of drug-likeness (QED) is 0.807. The van der Waals surface area contributed by atoms with Crippen molar-refractivity contribution in [1.82, 2.24) is 9.55 Å². The van der Waals surface area contributed by atoms with Crippen LogP contribution in [0.25, 0.3) is 11.0 Å². The molecule has 84 valence electrons. The summed E-state index contributed by atoms with van der Waals surface area (Å²) in [6.07, 6.45) is 3.78. The largest absolute Gasteiger partial charge is 0.494 e. The normalized spacial score (nSPS) is 16.3. The molecule has 0 saturated heterocycles. The predicted molar refractivity (Wildman–Crippen MR) is 66.6 cm³/mol. The van der Waals surface area contributed by atoms with Crippen molar-refractivity contribution in [3.8, 4) is 5.75 Å². The molecule has 4 heteroatoms. The number of nitrogens with one attached hydrogen (secondary N) is 1. The Morgan fingerprint density at radius 2 is 2.25 bits per heavy atom. The molecule has 1 aromatic heterocycles. The molecule has 0 unspecified atom stereocenters. The molecule has 0 spiro atoms. The van der Waals surface area contributed by atoms with Gasteiger partial charge in [-0.05, 0) is 43.6 Å². The highest BCUT2D eigenvalue weighted by molar-refractivity contribution is 7.71. The first-order chi connectivity index (χ1) is 7.81. The van der Waals surface area contributed by atoms with E-state index < -0.39 is 0 Å². The standard InChI is InChI=1S/C12H14N2OS/c1-15-10-7-3-6-9-11(10)13-12(16)14(9)8-4-2-5-8/h3,6-8H,2,4-5H2,1H3,(H,13,16). The second-order valence-corrected chi connectivity index (χ2v) is 4.63. The number of hydrogen-bond acceptors (Lipinski definition) is 2. The Labute approximate surface area is 99.0 Å². The molecule has 3 nitrogen and oxygen atoms in total. The number of hydrogen-bond donors (Lipinski definition) is 1. The van der Waals surface area contributed by atoms with E-state index in [0.29, 0.717) is 6.04 Å². The molecule has 1 N–H and O–H groups in total. The van der Waals surface area contributed by atoms with E-state index in [1.54, 1.807) is 7.11 Å². The number of imidazole rings is 1. The lowest BCUT2D eigenvalue weighted by Gasteiger charge is -2.27. The van der Waals surface area contributed by atoms with Gasteiger partial charge in [0.25, 0.3) is 0 Å². The van der Waals surface area contributed by atoms with Crippen LogP contribution in [-0.4, -0.2) is 16.7 Å². The van der Waals surface area contributed by atoms with Crippen LogP contribution >= 0.6 is 12.2 Å². The van der Waals surface area contributed by atoms with Crippen LogP contribution in [0.4, 0.5) is 0 Å². The van der Waals surface area contributed by atoms with Gasteiger partial charge in [0.15, 0.2) is 4.77 Å². The number of para-hydroxylation sites is 1. The number of aromatic amines is 1. The van der Waals surface area contributed by atoms with Crippen LogP contribution in [0.15, 0.2) is 18.2 Å². The molecule has 0 radical (unpaired) electrons. The summed E-state index contributed by atoms with van der Waals surface area (Å²) < 4.78 is 8.38. The number of rotatable bonds is 2. The van der Waals surface area contributed by atoms with Crippen LogP contribution in [0, 0.1) is 4.77 Å². The highest BCUT2D eigenvalue weighted by Crippen LogP contribution is 2.36. The van der Waals surface area contributed by atoms with Gasteiger partial charge < -0.3 is 14.3 Å². The first kappa shape index (κ1) is 9.90. The second kappa shape index (κ2) is 3.63. The Kier molecular flexibility index (Phi) is 2.24. The SMILES string of the molecule is COc1cccc2c1[nH]c(=S)n2C1CCC1. The van der Waals surface area contributed by atoms with E-state index in [4.69, 9.17) is 17.0 Å². The monoisotopic (exact) mass is 234 g/mol. The minimum absolute atomic E-state index is 0.577. The van der Waals surface area contributed by atoms with Crippen LogP contribution in [0.5, 0.6) is 5.75 Å². The maximum atomic E-state index is 5.39. The van der Waals surface area contributed by atoms with E-state index in [9.17, 15) is 0 Å². The third-order valence-corrected chi connectivity index (χ3v) is 3.67. The predicted octanol–water partition coefficient (Wildman–Crippen LogP) is 3.43. The average Bonchev–Trinajstić information content (AvgIpc) is 2.54. The fourth-order valence-corrected chi connectivity index (χ4v) is 2.65. The van der Waals surface area contributed by atoms with Crippen LogP contribution in [0.2, 0.25) is 0 Å². The number of nitrogens with zero attached hydrogens (tertiary/aromatic N) is 1. The smallest absolute Gasteiger partial charge is 0.178 e. The molecule has 2 aromatic rings. The maximum absolute atomic E-state index is 5.39. The molecule has 16 heavy (non-hydrogen) atoms. The molecule has 1 aliphatic carbocycles. The van der Waals surface area contributed by atoms with E-state index in [0.717, 1.165) is 21.6 Å². The van der Waals surface area contributed by atoms with Crippen molar-refractivity contribution in [2.45, 2.75) is 25.3 Å². The van der Waals surface area contributed by atoms with Gasteiger partial charge in [-0.2, -0.15) is 0 Å². The third kappa shape index (κ3) is 1.29. The van der Waals surface area contributed by atoms with Crippen LogP contribution in [0.3, 0.4) is 0 Å². The van der Waals surface area contributed by atoms with Gasteiger partial charge >= 0.3 is 0 Å². The topological polar surface area (TPSA) is 29.9 Å². The zero-order chi connectivity index (χ0) is 11.1. The summed E-state index contributed by atoms with van der Waals surface area (Å²) in [6.45, 7) is 0. The molecular weight excluding hydrogens is 220 g/mol. The highest BCUT2D eigenvalue weighted by Gasteiger charge is 2.22. The molecule has 1 aromatic carbocycles. The summed E-state index contributed by atoms with van der Waals surface area (Å²) in [5, 5.41) is 0. The van der Waals surface area contributed by atoms with Crippen molar-refractivity contribution in [3.63, 3.8) is 0 Å². The van der Waals surface area contributed by atoms with E-state index in [2.05, 4.69) is 15.6 Å². The van der Waals surface area contributed by atoms with Crippen molar-refractivity contribution in [3.05, 3.63) is 23.0 Å². The molecule has 0 bridgehead atoms. The van der Waals surface area contributed by atoms with Crippen LogP contribution in [0.1, 0.15) is 25.3 Å². The average molecular weight is 234 g/mol. The van der Waals surface area contributed by atoms with Crippen molar-refractivity contribution in [2.75, 3.05) is 7.11 Å². The second-order valence-electron chi connectivity index (χ2n) is 4.24. The van der Waals surface area contributed by atoms with Gasteiger partial charge in [-0.1, -0.05) is 6.07 Å². The molecular formula is C12H14N2OS. The number of benzene rings is 1. The van der Waals surface area contributed by atoms with E-state index in [-0.39, 0.29) is 0 Å². The Hall–Kier alpha value is -1.29. The zero-order valence-electron chi connectivity index (χ0n) is 9.19. The number of methoxy groups -OCH3 is 1. The Morgan fingerprint density at radius 3 is 2.88 bits per heavy atom. The molecule has 0 atom stereocenters. The number of aromatic nitrogens is 2. The summed E-state index contributed by atoms with van der Waals surface area (Å²) in [6, 6.07) is 6.65. The number of H-pyrrole nitrogens is 1. The third-order valence-electron chi connectivity index (χ3n) is 3.37. The van der Waals surface area contributed by atoms with Crippen molar-refractivity contribution in [2.24, 2.45) is 0 Å². The molecule has 1 saturated carbocycles. The van der Waals surface area contributed by atoms with Crippen molar-refractivity contribution < 1.29 is 4.74 Å². The lowest BCUT2D eigenvalue weighted by molar-refractivity contribution is 0.318. The highest BCUT2D eigenvalue weighted by atomic mass is 32.1. The fraction of sp³-hybridized carbons (Fsp3) is 0.417. The summed E-state index contributed by atoms with van der Waals surface area (Å²) >= 11 is 5.39. The van der Waals surface area contributed by atoms with E-state index in [1.807, 2.05) is 12.1 Å². The summed E-state index contributed by atoms with van der Waals surface area (Å²) in [5.74, 6) is 0.863. The van der Waals surface area contributed by atoms with Gasteiger partial charge in [-0.15, -0.1) is 0 Å². The molecule has 0 amide bonds. The summed E-state index contributed by atoms with van der Waals surface area (Å²) in [4.78, 5) is 3.25. The summed E-state index contributed by atoms with van der Waals surface area (Å²) in [5.41, 5.74) is 2.18. The minimum atomic E-state index is 0.577. The van der Waals surface area contributed by atoms with E-state index in [1.165, 1.54) is 19.3 Å². The number of fused-ring (bicyclic) bond motifs is 1. The van der Waals surface area contributed by atoms with E-state index >= 15 is 0 Å². The van der Waals surface area contributed by atoms with Gasteiger partial charge in [-0.25, -0.2) is 0 Å². The van der Waals surface area contributed by atoms with Gasteiger partial charge in [0.1, 0.15) is 11.3 Å². The Morgan fingerprint density at radius 1 is 1.44 bits per heavy atom. The Balaban J connectivity index is 2.28. The molecule has 1 fully saturated rings. The zero-order valence-corrected chi connectivity index (χ0v) is 10.0. The first-order valence-electron chi connectivity index (χ1n) is 5.58. The Bertz CT molecular complexity index is 580. The summed E-state index contributed by atoms with van der Waals surface area (Å²) in [7, 11) is 1.69. The van der Waals surface area contributed by atoms with Gasteiger partial charge in [0, 0.05) is 6.04 Å². The molecule has 1 heterocycles. The van der Waals surface area contributed by atoms with Crippen molar-refractivity contribution in [1.29, 1.82) is 0 Å².